The van der Waals surface area contributed by atoms with Gasteiger partial charge in [0.2, 0.25) is 0 Å². The minimum Gasteiger partial charge on any atom is -0.444 e. The van der Waals surface area contributed by atoms with Crippen molar-refractivity contribution in [2.45, 2.75) is 38.7 Å². The standard InChI is InChI=1S/C22H23FN4O3S/c1-13(28)2-5-16-12-27(22(29)30-16)15-4-6-18(19(23)9-15)20-7-3-14(11-26-20)8-17(31)10-21(24)25/h3-4,6-7,9,11,16H,2,5,8,10,12H2,1H3,(H3,24,25)/t16-/m0/s1. The number of hydrogen-bond acceptors (Lipinski definition) is 6. The molecule has 1 fully saturated rings. The summed E-state index contributed by atoms with van der Waals surface area (Å²) in [6.07, 6.45) is 2.18. The van der Waals surface area contributed by atoms with Crippen molar-refractivity contribution >= 4 is 40.5 Å². The zero-order valence-corrected chi connectivity index (χ0v) is 17.9. The molecule has 0 aliphatic carbocycles. The van der Waals surface area contributed by atoms with Crippen LogP contribution in [0.15, 0.2) is 36.5 Å². The van der Waals surface area contributed by atoms with Crippen LogP contribution in [-0.2, 0) is 16.0 Å². The molecule has 0 spiro atoms. The zero-order valence-electron chi connectivity index (χ0n) is 17.1. The maximum atomic E-state index is 14.8. The molecule has 7 nitrogen and oxygen atoms in total. The minimum absolute atomic E-state index is 0.0174. The van der Waals surface area contributed by atoms with Crippen molar-refractivity contribution in [2.75, 3.05) is 11.4 Å². The second kappa shape index (κ2) is 9.74. The van der Waals surface area contributed by atoms with Crippen LogP contribution >= 0.6 is 12.2 Å². The molecule has 1 aliphatic heterocycles. The quantitative estimate of drug-likeness (QED) is 0.347. The van der Waals surface area contributed by atoms with E-state index in [1.807, 2.05) is 0 Å². The summed E-state index contributed by atoms with van der Waals surface area (Å²) in [5.41, 5.74) is 7.36. The molecule has 1 aromatic heterocycles. The van der Waals surface area contributed by atoms with E-state index in [2.05, 4.69) is 4.98 Å². The van der Waals surface area contributed by atoms with Gasteiger partial charge in [0.25, 0.3) is 0 Å². The van der Waals surface area contributed by atoms with Gasteiger partial charge in [-0.3, -0.25) is 15.3 Å². The molecule has 2 heterocycles. The van der Waals surface area contributed by atoms with Crippen LogP contribution in [0.5, 0.6) is 0 Å². The van der Waals surface area contributed by atoms with Gasteiger partial charge < -0.3 is 15.3 Å². The Labute approximate surface area is 184 Å². The van der Waals surface area contributed by atoms with Crippen molar-refractivity contribution in [3.8, 4) is 11.3 Å². The number of cyclic esters (lactones) is 1. The number of rotatable bonds is 9. The lowest BCUT2D eigenvalue weighted by atomic mass is 10.1. The number of ketones is 1. The van der Waals surface area contributed by atoms with Gasteiger partial charge in [-0.25, -0.2) is 9.18 Å². The molecule has 3 rings (SSSR count). The van der Waals surface area contributed by atoms with E-state index in [1.165, 1.54) is 17.9 Å². The Bertz CT molecular complexity index is 1030. The van der Waals surface area contributed by atoms with E-state index in [9.17, 15) is 14.0 Å². The first-order valence-electron chi connectivity index (χ1n) is 9.80. The summed E-state index contributed by atoms with van der Waals surface area (Å²) < 4.78 is 20.1. The fraction of sp³-hybridized carbons (Fsp3) is 0.318. The van der Waals surface area contributed by atoms with E-state index < -0.39 is 11.9 Å². The molecule has 3 N–H and O–H groups in total. The van der Waals surface area contributed by atoms with Gasteiger partial charge in [0.05, 0.1) is 23.8 Å². The summed E-state index contributed by atoms with van der Waals surface area (Å²) in [6, 6.07) is 8.00. The molecule has 1 amide bonds. The van der Waals surface area contributed by atoms with Crippen molar-refractivity contribution in [1.82, 2.24) is 4.98 Å². The predicted octanol–water partition coefficient (Wildman–Crippen LogP) is 3.82. The van der Waals surface area contributed by atoms with E-state index >= 15 is 0 Å². The van der Waals surface area contributed by atoms with Crippen LogP contribution in [0.3, 0.4) is 0 Å². The molecule has 0 unspecified atom stereocenters. The lowest BCUT2D eigenvalue weighted by molar-refractivity contribution is -0.117. The first-order chi connectivity index (χ1) is 14.7. The van der Waals surface area contributed by atoms with Crippen molar-refractivity contribution in [2.24, 2.45) is 5.73 Å². The van der Waals surface area contributed by atoms with Gasteiger partial charge in [-0.15, -0.1) is 0 Å². The third-order valence-electron chi connectivity index (χ3n) is 4.85. The Morgan fingerprint density at radius 1 is 1.39 bits per heavy atom. The zero-order chi connectivity index (χ0) is 22.5. The highest BCUT2D eigenvalue weighted by Gasteiger charge is 2.32. The highest BCUT2D eigenvalue weighted by atomic mass is 32.1. The van der Waals surface area contributed by atoms with Crippen LogP contribution in [-0.4, -0.2) is 40.2 Å². The summed E-state index contributed by atoms with van der Waals surface area (Å²) in [7, 11) is 0. The number of nitrogens with one attached hydrogen (secondary N) is 1. The normalized spacial score (nSPS) is 15.6. The number of halogens is 1. The molecule has 9 heteroatoms. The van der Waals surface area contributed by atoms with Gasteiger partial charge in [0.1, 0.15) is 17.7 Å². The number of anilines is 1. The molecule has 1 aliphatic rings. The van der Waals surface area contributed by atoms with Crippen molar-refractivity contribution in [3.63, 3.8) is 0 Å². The van der Waals surface area contributed by atoms with Crippen LogP contribution in [0.2, 0.25) is 0 Å². The number of carbonyl (C=O) groups is 2. The Morgan fingerprint density at radius 2 is 2.16 bits per heavy atom. The molecule has 31 heavy (non-hydrogen) atoms. The number of aromatic nitrogens is 1. The first-order valence-corrected chi connectivity index (χ1v) is 10.2. The number of ether oxygens (including phenoxy) is 1. The Morgan fingerprint density at radius 3 is 2.77 bits per heavy atom. The molecule has 1 atom stereocenters. The van der Waals surface area contributed by atoms with Crippen LogP contribution in [0.25, 0.3) is 11.3 Å². The SMILES string of the molecule is CC(=O)CC[C@H]1CN(c2ccc(-c3ccc(CC(=S)CC(=N)N)cn3)c(F)c2)C(=O)O1. The average Bonchev–Trinajstić information content (AvgIpc) is 3.07. The van der Waals surface area contributed by atoms with Crippen molar-refractivity contribution in [1.29, 1.82) is 5.41 Å². The highest BCUT2D eigenvalue weighted by Crippen LogP contribution is 2.29. The number of carbonyl (C=O) groups excluding carboxylic acids is 2. The van der Waals surface area contributed by atoms with Crippen LogP contribution in [0, 0.1) is 11.2 Å². The van der Waals surface area contributed by atoms with Gasteiger partial charge >= 0.3 is 6.09 Å². The number of amidine groups is 1. The molecule has 0 bridgehead atoms. The second-order valence-corrected chi connectivity index (χ2v) is 8.07. The molecule has 1 saturated heterocycles. The topological polar surface area (TPSA) is 109 Å². The third kappa shape index (κ3) is 5.91. The Balaban J connectivity index is 1.69. The molecule has 1 aromatic carbocycles. The molecular formula is C22H23FN4O3S. The van der Waals surface area contributed by atoms with Gasteiger partial charge in [0, 0.05) is 35.9 Å². The van der Waals surface area contributed by atoms with E-state index in [0.717, 1.165) is 5.56 Å². The second-order valence-electron chi connectivity index (χ2n) is 7.49. The number of Topliss-reactive ketones (excluding diaryl/α,β-unsaturated/α-hetero) is 1. The summed E-state index contributed by atoms with van der Waals surface area (Å²) in [6.45, 7) is 1.77. The van der Waals surface area contributed by atoms with E-state index in [4.69, 9.17) is 28.1 Å². The van der Waals surface area contributed by atoms with Crippen LogP contribution in [0.1, 0.15) is 31.7 Å². The van der Waals surface area contributed by atoms with E-state index in [-0.39, 0.29) is 30.7 Å². The number of nitrogens with zero attached hydrogens (tertiary/aromatic N) is 2. The fourth-order valence-electron chi connectivity index (χ4n) is 3.32. The molecule has 0 radical (unpaired) electrons. The summed E-state index contributed by atoms with van der Waals surface area (Å²) in [5, 5.41) is 7.29. The van der Waals surface area contributed by atoms with Crippen LogP contribution in [0.4, 0.5) is 14.9 Å². The number of pyridine rings is 1. The molecule has 2 aromatic rings. The van der Waals surface area contributed by atoms with E-state index in [0.29, 0.717) is 41.1 Å². The lowest BCUT2D eigenvalue weighted by Crippen LogP contribution is -2.24. The number of thiocarbonyl (C=S) groups is 1. The first kappa shape index (κ1) is 22.5. The highest BCUT2D eigenvalue weighted by molar-refractivity contribution is 7.80. The van der Waals surface area contributed by atoms with Gasteiger partial charge in [-0.1, -0.05) is 18.3 Å². The molecule has 0 saturated carbocycles. The van der Waals surface area contributed by atoms with Gasteiger partial charge in [0.15, 0.2) is 0 Å². The van der Waals surface area contributed by atoms with Gasteiger partial charge in [-0.05, 0) is 43.2 Å². The van der Waals surface area contributed by atoms with E-state index in [1.54, 1.807) is 30.5 Å². The maximum Gasteiger partial charge on any atom is 0.414 e. The third-order valence-corrected chi connectivity index (χ3v) is 5.14. The monoisotopic (exact) mass is 442 g/mol. The van der Waals surface area contributed by atoms with Crippen molar-refractivity contribution in [3.05, 3.63) is 47.9 Å². The lowest BCUT2D eigenvalue weighted by Gasteiger charge is -2.14. The number of amides is 1. The summed E-state index contributed by atoms with van der Waals surface area (Å²) in [5.74, 6) is -0.460. The minimum atomic E-state index is -0.551. The van der Waals surface area contributed by atoms with Crippen LogP contribution < -0.4 is 10.6 Å². The molecular weight excluding hydrogens is 419 g/mol. The summed E-state index contributed by atoms with van der Waals surface area (Å²) in [4.78, 5) is 29.6. The number of nitrogens with two attached hydrogens (primary N) is 1. The Kier molecular flexibility index (Phi) is 7.06. The predicted molar refractivity (Wildman–Crippen MR) is 120 cm³/mol. The summed E-state index contributed by atoms with van der Waals surface area (Å²) >= 11 is 5.21. The van der Waals surface area contributed by atoms with Gasteiger partial charge in [-0.2, -0.15) is 0 Å². The largest absolute Gasteiger partial charge is 0.444 e. The number of hydrogen-bond donors (Lipinski definition) is 2. The average molecular weight is 443 g/mol. The maximum absolute atomic E-state index is 14.8. The fourth-order valence-corrected chi connectivity index (χ4v) is 3.64. The van der Waals surface area contributed by atoms with Crippen molar-refractivity contribution < 1.29 is 18.7 Å². The number of benzene rings is 1. The molecule has 162 valence electrons. The Hall–Kier alpha value is -3.20. The smallest absolute Gasteiger partial charge is 0.414 e.